The molecular weight excluding hydrogens is 290 g/mol. The van der Waals surface area contributed by atoms with E-state index >= 15 is 0 Å². The molecule has 0 aliphatic heterocycles. The van der Waals surface area contributed by atoms with E-state index in [0.29, 0.717) is 12.2 Å². The summed E-state index contributed by atoms with van der Waals surface area (Å²) in [5.41, 5.74) is 6.48. The van der Waals surface area contributed by atoms with E-state index in [0.717, 1.165) is 19.3 Å². The number of rotatable bonds is 5. The molecule has 1 aromatic carbocycles. The molecule has 1 saturated carbocycles. The van der Waals surface area contributed by atoms with Gasteiger partial charge in [0, 0.05) is 18.3 Å². The Kier molecular flexibility index (Phi) is 4.97. The predicted molar refractivity (Wildman–Crippen MR) is 81.3 cm³/mol. The van der Waals surface area contributed by atoms with E-state index in [1.54, 1.807) is 19.1 Å². The molecule has 0 radical (unpaired) electrons. The van der Waals surface area contributed by atoms with Crippen LogP contribution in [0.25, 0.3) is 0 Å². The Morgan fingerprint density at radius 3 is 2.48 bits per heavy atom. The Morgan fingerprint density at radius 1 is 1.29 bits per heavy atom. The summed E-state index contributed by atoms with van der Waals surface area (Å²) in [4.78, 5) is 12.3. The molecular formula is C14H21N3O3S. The summed E-state index contributed by atoms with van der Waals surface area (Å²) in [6.45, 7) is 2.05. The predicted octanol–water partition coefficient (Wildman–Crippen LogP) is 1.05. The number of nitrogens with two attached hydrogens (primary N) is 1. The van der Waals surface area contributed by atoms with Crippen LogP contribution in [0.5, 0.6) is 0 Å². The van der Waals surface area contributed by atoms with Crippen LogP contribution in [0.2, 0.25) is 0 Å². The number of hydrogen-bond acceptors (Lipinski definition) is 4. The molecule has 4 N–H and O–H groups in total. The largest absolute Gasteiger partial charge is 0.327 e. The Bertz CT molecular complexity index is 598. The van der Waals surface area contributed by atoms with Crippen molar-refractivity contribution in [3.63, 3.8) is 0 Å². The van der Waals surface area contributed by atoms with E-state index in [1.807, 2.05) is 0 Å². The van der Waals surface area contributed by atoms with Gasteiger partial charge in [-0.2, -0.15) is 0 Å². The van der Waals surface area contributed by atoms with Crippen molar-refractivity contribution in [3.05, 3.63) is 24.3 Å². The lowest BCUT2D eigenvalue weighted by Gasteiger charge is -2.15. The molecule has 21 heavy (non-hydrogen) atoms. The third-order valence-corrected chi connectivity index (χ3v) is 5.23. The number of carbonyl (C=O) groups is 1. The highest BCUT2D eigenvalue weighted by Crippen LogP contribution is 2.25. The normalized spacial score (nSPS) is 22.2. The van der Waals surface area contributed by atoms with Crippen LogP contribution in [-0.2, 0) is 14.8 Å². The molecule has 2 atom stereocenters. The summed E-state index contributed by atoms with van der Waals surface area (Å²) >= 11 is 0. The summed E-state index contributed by atoms with van der Waals surface area (Å²) in [5.74, 6) is -0.252. The fourth-order valence-corrected chi connectivity index (χ4v) is 3.58. The van der Waals surface area contributed by atoms with E-state index in [-0.39, 0.29) is 22.8 Å². The van der Waals surface area contributed by atoms with Crippen molar-refractivity contribution in [2.75, 3.05) is 11.9 Å². The van der Waals surface area contributed by atoms with Gasteiger partial charge in [0.1, 0.15) is 0 Å². The molecule has 6 nitrogen and oxygen atoms in total. The van der Waals surface area contributed by atoms with Crippen molar-refractivity contribution in [2.45, 2.75) is 37.1 Å². The van der Waals surface area contributed by atoms with E-state index in [1.165, 1.54) is 12.1 Å². The van der Waals surface area contributed by atoms with Gasteiger partial charge in [-0.3, -0.25) is 4.79 Å². The van der Waals surface area contributed by atoms with Gasteiger partial charge >= 0.3 is 0 Å². The molecule has 1 amide bonds. The standard InChI is InChI=1S/C14H21N3O3S/c1-2-16-21(19,20)11-8-6-10(7-9-11)17-14(18)12-4-3-5-13(12)15/h6-9,12-13,16H,2-5,15H2,1H3,(H,17,18). The van der Waals surface area contributed by atoms with E-state index in [9.17, 15) is 13.2 Å². The fourth-order valence-electron chi connectivity index (χ4n) is 2.54. The van der Waals surface area contributed by atoms with Gasteiger partial charge in [-0.25, -0.2) is 13.1 Å². The van der Waals surface area contributed by atoms with Gasteiger partial charge in [-0.1, -0.05) is 13.3 Å². The molecule has 2 rings (SSSR count). The van der Waals surface area contributed by atoms with E-state index in [4.69, 9.17) is 5.73 Å². The summed E-state index contributed by atoms with van der Waals surface area (Å²) in [6, 6.07) is 6.04. The Balaban J connectivity index is 2.04. The minimum atomic E-state index is -3.46. The Morgan fingerprint density at radius 2 is 1.95 bits per heavy atom. The first kappa shape index (κ1) is 15.9. The van der Waals surface area contributed by atoms with Crippen LogP contribution < -0.4 is 15.8 Å². The number of nitrogens with one attached hydrogen (secondary N) is 2. The van der Waals surface area contributed by atoms with Crippen LogP contribution >= 0.6 is 0 Å². The van der Waals surface area contributed by atoms with Gasteiger partial charge < -0.3 is 11.1 Å². The van der Waals surface area contributed by atoms with Crippen molar-refractivity contribution in [2.24, 2.45) is 11.7 Å². The van der Waals surface area contributed by atoms with Gasteiger partial charge in [0.2, 0.25) is 15.9 Å². The summed E-state index contributed by atoms with van der Waals surface area (Å²) in [5, 5.41) is 2.79. The fraction of sp³-hybridized carbons (Fsp3) is 0.500. The zero-order valence-corrected chi connectivity index (χ0v) is 12.8. The monoisotopic (exact) mass is 311 g/mol. The van der Waals surface area contributed by atoms with E-state index in [2.05, 4.69) is 10.0 Å². The topological polar surface area (TPSA) is 101 Å². The van der Waals surface area contributed by atoms with Gasteiger partial charge in [-0.05, 0) is 37.1 Å². The zero-order valence-electron chi connectivity index (χ0n) is 12.0. The first-order valence-corrected chi connectivity index (χ1v) is 8.58. The molecule has 0 aromatic heterocycles. The highest BCUT2D eigenvalue weighted by atomic mass is 32.2. The van der Waals surface area contributed by atoms with Gasteiger partial charge in [0.05, 0.1) is 10.8 Å². The maximum atomic E-state index is 12.1. The van der Waals surface area contributed by atoms with Crippen LogP contribution in [0.15, 0.2) is 29.2 Å². The second-order valence-electron chi connectivity index (χ2n) is 5.22. The number of benzene rings is 1. The second kappa shape index (κ2) is 6.55. The number of hydrogen-bond donors (Lipinski definition) is 3. The number of sulfonamides is 1. The van der Waals surface area contributed by atoms with Gasteiger partial charge in [-0.15, -0.1) is 0 Å². The van der Waals surface area contributed by atoms with Crippen LogP contribution in [0, 0.1) is 5.92 Å². The zero-order chi connectivity index (χ0) is 15.5. The average molecular weight is 311 g/mol. The maximum absolute atomic E-state index is 12.1. The lowest BCUT2D eigenvalue weighted by atomic mass is 10.0. The molecule has 1 aliphatic carbocycles. The Labute approximate surface area is 125 Å². The molecule has 116 valence electrons. The Hall–Kier alpha value is -1.44. The number of carbonyl (C=O) groups excluding carboxylic acids is 1. The highest BCUT2D eigenvalue weighted by molar-refractivity contribution is 7.89. The quantitative estimate of drug-likeness (QED) is 0.756. The SMILES string of the molecule is CCNS(=O)(=O)c1ccc(NC(=O)C2CCCC2N)cc1. The minimum Gasteiger partial charge on any atom is -0.327 e. The third-order valence-electron chi connectivity index (χ3n) is 3.67. The smallest absolute Gasteiger partial charge is 0.240 e. The average Bonchev–Trinajstić information content (AvgIpc) is 2.85. The molecule has 1 aliphatic rings. The van der Waals surface area contributed by atoms with Crippen molar-refractivity contribution >= 4 is 21.6 Å². The molecule has 7 heteroatoms. The maximum Gasteiger partial charge on any atom is 0.240 e. The van der Waals surface area contributed by atoms with Crippen molar-refractivity contribution in [1.29, 1.82) is 0 Å². The number of anilines is 1. The van der Waals surface area contributed by atoms with E-state index < -0.39 is 10.0 Å². The first-order chi connectivity index (χ1) is 9.94. The lowest BCUT2D eigenvalue weighted by molar-refractivity contribution is -0.120. The van der Waals surface area contributed by atoms with Crippen molar-refractivity contribution in [1.82, 2.24) is 4.72 Å². The van der Waals surface area contributed by atoms with Crippen LogP contribution in [0.1, 0.15) is 26.2 Å². The van der Waals surface area contributed by atoms with Crippen molar-refractivity contribution < 1.29 is 13.2 Å². The summed E-state index contributed by atoms with van der Waals surface area (Å²) in [6.07, 6.45) is 2.65. The van der Waals surface area contributed by atoms with Crippen LogP contribution in [0.4, 0.5) is 5.69 Å². The molecule has 0 spiro atoms. The minimum absolute atomic E-state index is 0.0848. The third kappa shape index (κ3) is 3.81. The number of amides is 1. The highest BCUT2D eigenvalue weighted by Gasteiger charge is 2.30. The van der Waals surface area contributed by atoms with Crippen LogP contribution in [-0.4, -0.2) is 26.9 Å². The second-order valence-corrected chi connectivity index (χ2v) is 6.98. The first-order valence-electron chi connectivity index (χ1n) is 7.10. The molecule has 1 aromatic rings. The molecule has 1 fully saturated rings. The van der Waals surface area contributed by atoms with Crippen LogP contribution in [0.3, 0.4) is 0 Å². The summed E-state index contributed by atoms with van der Waals surface area (Å²) < 4.78 is 26.0. The van der Waals surface area contributed by atoms with Crippen molar-refractivity contribution in [3.8, 4) is 0 Å². The molecule has 0 bridgehead atoms. The summed E-state index contributed by atoms with van der Waals surface area (Å²) in [7, 11) is -3.46. The van der Waals surface area contributed by atoms with Gasteiger partial charge in [0.15, 0.2) is 0 Å². The van der Waals surface area contributed by atoms with Gasteiger partial charge in [0.25, 0.3) is 0 Å². The molecule has 0 heterocycles. The molecule has 0 saturated heterocycles. The molecule has 2 unspecified atom stereocenters. The lowest BCUT2D eigenvalue weighted by Crippen LogP contribution is -2.34.